The average molecular weight is 268 g/mol. The molecule has 1 aliphatic heterocycles. The fourth-order valence-electron chi connectivity index (χ4n) is 1.39. The Hall–Kier alpha value is -2.02. The number of methoxy groups -OCH3 is 1. The van der Waals surface area contributed by atoms with Crippen LogP contribution in [0.4, 0.5) is 0 Å². The zero-order chi connectivity index (χ0) is 13.2. The molecule has 96 valence electrons. The van der Waals surface area contributed by atoms with Crippen LogP contribution in [-0.2, 0) is 9.84 Å². The largest absolute Gasteiger partial charge is 0.497 e. The van der Waals surface area contributed by atoms with Crippen LogP contribution in [0.15, 0.2) is 40.5 Å². The first-order chi connectivity index (χ1) is 8.51. The van der Waals surface area contributed by atoms with Gasteiger partial charge in [-0.3, -0.25) is 0 Å². The summed E-state index contributed by atoms with van der Waals surface area (Å²) in [6.45, 7) is -0.147. The molecule has 0 aromatic heterocycles. The van der Waals surface area contributed by atoms with Gasteiger partial charge in [0.1, 0.15) is 23.9 Å². The fourth-order valence-corrected chi connectivity index (χ4v) is 2.35. The molecule has 0 aliphatic carbocycles. The molecule has 1 aromatic carbocycles. The minimum absolute atomic E-state index is 0.0247. The maximum Gasteiger partial charge on any atom is 0.220 e. The smallest absolute Gasteiger partial charge is 0.220 e. The van der Waals surface area contributed by atoms with Crippen LogP contribution in [0.2, 0.25) is 0 Å². The van der Waals surface area contributed by atoms with Crippen LogP contribution >= 0.6 is 0 Å². The maximum absolute atomic E-state index is 11.5. The summed E-state index contributed by atoms with van der Waals surface area (Å²) in [6.07, 6.45) is 0. The molecule has 7 heteroatoms. The summed E-state index contributed by atoms with van der Waals surface area (Å²) in [5, 5.41) is 0.829. The molecule has 0 unspecified atom stereocenters. The van der Waals surface area contributed by atoms with E-state index in [4.69, 9.17) is 15.2 Å². The number of rotatable bonds is 4. The van der Waals surface area contributed by atoms with Gasteiger partial charge >= 0.3 is 0 Å². The SMILES string of the molecule is COc1ccc(OCC2=NC(N)=CS2(=O)=O)cc1. The molecule has 1 heterocycles. The Kier molecular flexibility index (Phi) is 3.24. The second-order valence-electron chi connectivity index (χ2n) is 3.56. The van der Waals surface area contributed by atoms with E-state index < -0.39 is 9.84 Å². The van der Waals surface area contributed by atoms with Crippen LogP contribution in [0.3, 0.4) is 0 Å². The molecule has 18 heavy (non-hydrogen) atoms. The fraction of sp³-hybridized carbons (Fsp3) is 0.182. The highest BCUT2D eigenvalue weighted by molar-refractivity contribution is 8.09. The van der Waals surface area contributed by atoms with Crippen LogP contribution in [0, 0.1) is 0 Å². The Morgan fingerprint density at radius 3 is 2.33 bits per heavy atom. The van der Waals surface area contributed by atoms with E-state index in [2.05, 4.69) is 4.99 Å². The molecule has 0 amide bonds. The summed E-state index contributed by atoms with van der Waals surface area (Å²) >= 11 is 0. The van der Waals surface area contributed by atoms with Crippen molar-refractivity contribution in [3.63, 3.8) is 0 Å². The lowest BCUT2D eigenvalue weighted by atomic mass is 10.3. The first kappa shape index (κ1) is 12.4. The standard InChI is InChI=1S/C11H12N2O4S/c1-16-8-2-4-9(5-3-8)17-6-11-13-10(12)7-18(11,14)15/h2-5,7H,6,12H2,1H3. The number of nitrogens with two attached hydrogens (primary N) is 1. The number of hydrogen-bond acceptors (Lipinski definition) is 6. The summed E-state index contributed by atoms with van der Waals surface area (Å²) < 4.78 is 33.3. The third-order valence-electron chi connectivity index (χ3n) is 2.28. The number of sulfone groups is 1. The number of benzene rings is 1. The third kappa shape index (κ3) is 2.62. The van der Waals surface area contributed by atoms with Gasteiger partial charge < -0.3 is 15.2 Å². The van der Waals surface area contributed by atoms with E-state index in [9.17, 15) is 8.42 Å². The molecule has 6 nitrogen and oxygen atoms in total. The average Bonchev–Trinajstić information content (AvgIpc) is 2.60. The summed E-state index contributed by atoms with van der Waals surface area (Å²) in [7, 11) is -1.95. The Labute approximate surface area is 105 Å². The predicted octanol–water partition coefficient (Wildman–Crippen LogP) is 0.659. The normalized spacial score (nSPS) is 16.9. The molecule has 0 saturated carbocycles. The first-order valence-electron chi connectivity index (χ1n) is 5.08. The van der Waals surface area contributed by atoms with Crippen molar-refractivity contribution in [3.8, 4) is 11.5 Å². The monoisotopic (exact) mass is 268 g/mol. The van der Waals surface area contributed by atoms with E-state index in [1.54, 1.807) is 31.4 Å². The highest BCUT2D eigenvalue weighted by Gasteiger charge is 2.24. The van der Waals surface area contributed by atoms with Crippen molar-refractivity contribution in [2.75, 3.05) is 13.7 Å². The molecule has 0 bridgehead atoms. The summed E-state index contributed by atoms with van der Waals surface area (Å²) in [4.78, 5) is 3.71. The van der Waals surface area contributed by atoms with Crippen molar-refractivity contribution in [1.82, 2.24) is 0 Å². The van der Waals surface area contributed by atoms with Gasteiger partial charge in [-0.15, -0.1) is 0 Å². The van der Waals surface area contributed by atoms with Crippen LogP contribution in [-0.4, -0.2) is 27.2 Å². The summed E-state index contributed by atoms with van der Waals surface area (Å²) in [5.41, 5.74) is 5.33. The van der Waals surface area contributed by atoms with Gasteiger partial charge in [0, 0.05) is 0 Å². The minimum Gasteiger partial charge on any atom is -0.497 e. The van der Waals surface area contributed by atoms with E-state index in [-0.39, 0.29) is 17.5 Å². The van der Waals surface area contributed by atoms with Crippen molar-refractivity contribution in [2.45, 2.75) is 0 Å². The second kappa shape index (κ2) is 4.69. The molecule has 2 rings (SSSR count). The van der Waals surface area contributed by atoms with E-state index in [1.807, 2.05) is 0 Å². The lowest BCUT2D eigenvalue weighted by molar-refractivity contribution is 0.375. The van der Waals surface area contributed by atoms with Gasteiger partial charge in [0.05, 0.1) is 12.5 Å². The van der Waals surface area contributed by atoms with E-state index in [1.165, 1.54) is 0 Å². The van der Waals surface area contributed by atoms with Crippen molar-refractivity contribution >= 4 is 14.9 Å². The van der Waals surface area contributed by atoms with Gasteiger partial charge in [0.2, 0.25) is 9.84 Å². The highest BCUT2D eigenvalue weighted by Crippen LogP contribution is 2.18. The van der Waals surface area contributed by atoms with Gasteiger partial charge in [-0.2, -0.15) is 0 Å². The molecule has 1 aromatic rings. The molecule has 0 fully saturated rings. The van der Waals surface area contributed by atoms with Gasteiger partial charge in [0.15, 0.2) is 5.04 Å². The van der Waals surface area contributed by atoms with Crippen LogP contribution in [0.5, 0.6) is 11.5 Å². The van der Waals surface area contributed by atoms with Gasteiger partial charge in [0.25, 0.3) is 0 Å². The number of hydrogen-bond donors (Lipinski definition) is 1. The summed E-state index contributed by atoms with van der Waals surface area (Å²) in [5.74, 6) is 1.20. The number of aliphatic imine (C=N–C) groups is 1. The van der Waals surface area contributed by atoms with E-state index in [0.29, 0.717) is 11.5 Å². The zero-order valence-corrected chi connectivity index (χ0v) is 10.5. The molecule has 0 radical (unpaired) electrons. The Bertz CT molecular complexity index is 602. The van der Waals surface area contributed by atoms with Crippen molar-refractivity contribution in [2.24, 2.45) is 10.7 Å². The molecular formula is C11H12N2O4S. The van der Waals surface area contributed by atoms with Crippen molar-refractivity contribution < 1.29 is 17.9 Å². The van der Waals surface area contributed by atoms with E-state index in [0.717, 1.165) is 5.41 Å². The quantitative estimate of drug-likeness (QED) is 0.866. The maximum atomic E-state index is 11.5. The van der Waals surface area contributed by atoms with Crippen LogP contribution < -0.4 is 15.2 Å². The van der Waals surface area contributed by atoms with Crippen molar-refractivity contribution in [3.05, 3.63) is 35.5 Å². The molecule has 2 N–H and O–H groups in total. The summed E-state index contributed by atoms with van der Waals surface area (Å²) in [6, 6.07) is 6.79. The Morgan fingerprint density at radius 1 is 1.22 bits per heavy atom. The molecular weight excluding hydrogens is 256 g/mol. The molecule has 0 saturated heterocycles. The highest BCUT2D eigenvalue weighted by atomic mass is 32.2. The van der Waals surface area contributed by atoms with Crippen LogP contribution in [0.1, 0.15) is 0 Å². The first-order valence-corrected chi connectivity index (χ1v) is 6.62. The lowest BCUT2D eigenvalue weighted by Crippen LogP contribution is -2.17. The molecule has 1 aliphatic rings. The second-order valence-corrected chi connectivity index (χ2v) is 5.35. The van der Waals surface area contributed by atoms with E-state index >= 15 is 0 Å². The lowest BCUT2D eigenvalue weighted by Gasteiger charge is -2.06. The molecule has 0 spiro atoms. The van der Waals surface area contributed by atoms with Gasteiger partial charge in [-0.05, 0) is 24.3 Å². The topological polar surface area (TPSA) is 91.0 Å². The van der Waals surface area contributed by atoms with Gasteiger partial charge in [-0.25, -0.2) is 13.4 Å². The van der Waals surface area contributed by atoms with Crippen molar-refractivity contribution in [1.29, 1.82) is 0 Å². The predicted molar refractivity (Wildman–Crippen MR) is 67.1 cm³/mol. The Balaban J connectivity index is 2.03. The minimum atomic E-state index is -3.51. The Morgan fingerprint density at radius 2 is 1.83 bits per heavy atom. The zero-order valence-electron chi connectivity index (χ0n) is 9.66. The molecule has 0 atom stereocenters. The van der Waals surface area contributed by atoms with Crippen LogP contribution in [0.25, 0.3) is 0 Å². The number of nitrogens with zero attached hydrogens (tertiary/aromatic N) is 1. The number of ether oxygens (including phenoxy) is 2. The third-order valence-corrected chi connectivity index (χ3v) is 3.70. The van der Waals surface area contributed by atoms with Gasteiger partial charge in [-0.1, -0.05) is 0 Å².